The smallest absolute Gasteiger partial charge is 0.368 e. The third kappa shape index (κ3) is 6.24. The minimum Gasteiger partial charge on any atom is -0.368 e. The molecule has 0 spiro atoms. The van der Waals surface area contributed by atoms with Crippen LogP contribution in [0.3, 0.4) is 0 Å². The largest absolute Gasteiger partial charge is 0.416 e. The Bertz CT molecular complexity index is 958. The molecule has 0 bridgehead atoms. The zero-order valence-corrected chi connectivity index (χ0v) is 18.5. The zero-order chi connectivity index (χ0) is 23.5. The summed E-state index contributed by atoms with van der Waals surface area (Å²) in [5.41, 5.74) is 0.503. The van der Waals surface area contributed by atoms with Gasteiger partial charge in [-0.25, -0.2) is 0 Å². The lowest BCUT2D eigenvalue weighted by molar-refractivity contribution is -0.137. The van der Waals surface area contributed by atoms with E-state index in [0.29, 0.717) is 38.3 Å². The van der Waals surface area contributed by atoms with Crippen LogP contribution in [0, 0.1) is 5.41 Å². The van der Waals surface area contributed by atoms with Crippen molar-refractivity contribution in [1.82, 2.24) is 4.90 Å². The molecule has 0 atom stereocenters. The number of carbonyl (C=O) groups excluding carboxylic acids is 2. The predicted molar refractivity (Wildman–Crippen MR) is 119 cm³/mol. The van der Waals surface area contributed by atoms with Crippen LogP contribution in [-0.4, -0.2) is 42.9 Å². The molecule has 2 aromatic rings. The second kappa shape index (κ2) is 9.22. The summed E-state index contributed by atoms with van der Waals surface area (Å²) in [6.45, 7) is 8.89. The van der Waals surface area contributed by atoms with Gasteiger partial charge in [-0.05, 0) is 47.9 Å². The highest BCUT2D eigenvalue weighted by Crippen LogP contribution is 2.30. The Labute approximate surface area is 186 Å². The molecular weight excluding hydrogens is 419 g/mol. The van der Waals surface area contributed by atoms with Crippen molar-refractivity contribution in [2.45, 2.75) is 33.4 Å². The first-order valence-electron chi connectivity index (χ1n) is 10.5. The van der Waals surface area contributed by atoms with E-state index >= 15 is 0 Å². The lowest BCUT2D eigenvalue weighted by Gasteiger charge is -2.37. The third-order valence-corrected chi connectivity index (χ3v) is 5.26. The number of nitrogens with zero attached hydrogens (tertiary/aromatic N) is 2. The highest BCUT2D eigenvalue weighted by atomic mass is 19.4. The topological polar surface area (TPSA) is 52.7 Å². The average Bonchev–Trinajstić information content (AvgIpc) is 2.73. The van der Waals surface area contributed by atoms with Crippen molar-refractivity contribution in [2.75, 3.05) is 36.4 Å². The van der Waals surface area contributed by atoms with Crippen molar-refractivity contribution in [1.29, 1.82) is 0 Å². The van der Waals surface area contributed by atoms with E-state index in [1.807, 2.05) is 17.0 Å². The van der Waals surface area contributed by atoms with Crippen LogP contribution < -0.4 is 10.2 Å². The van der Waals surface area contributed by atoms with Gasteiger partial charge < -0.3 is 15.1 Å². The predicted octanol–water partition coefficient (Wildman–Crippen LogP) is 5.04. The number of alkyl halides is 3. The van der Waals surface area contributed by atoms with Crippen molar-refractivity contribution in [2.24, 2.45) is 5.41 Å². The van der Waals surface area contributed by atoms with Crippen LogP contribution in [0.5, 0.6) is 0 Å². The third-order valence-electron chi connectivity index (χ3n) is 5.26. The summed E-state index contributed by atoms with van der Waals surface area (Å²) in [6, 6.07) is 11.5. The molecule has 2 amide bonds. The Morgan fingerprint density at radius 3 is 2.12 bits per heavy atom. The number of hydrogen-bond donors (Lipinski definition) is 1. The minimum atomic E-state index is -4.50. The number of anilines is 2. The normalized spacial score (nSPS) is 14.9. The number of benzene rings is 2. The van der Waals surface area contributed by atoms with Crippen molar-refractivity contribution < 1.29 is 22.8 Å². The number of piperazine rings is 1. The van der Waals surface area contributed by atoms with E-state index in [1.165, 1.54) is 12.1 Å². The van der Waals surface area contributed by atoms with Gasteiger partial charge in [0.05, 0.1) is 5.56 Å². The summed E-state index contributed by atoms with van der Waals surface area (Å²) in [7, 11) is 0. The van der Waals surface area contributed by atoms with Crippen LogP contribution in [0.1, 0.15) is 43.1 Å². The van der Waals surface area contributed by atoms with E-state index in [-0.39, 0.29) is 16.9 Å². The number of hydrogen-bond acceptors (Lipinski definition) is 3. The molecule has 172 valence electrons. The maximum Gasteiger partial charge on any atom is 0.416 e. The maximum absolute atomic E-state index is 12.9. The second-order valence-electron chi connectivity index (χ2n) is 9.18. The molecule has 1 heterocycles. The molecule has 5 nitrogen and oxygen atoms in total. The van der Waals surface area contributed by atoms with Crippen LogP contribution in [0.2, 0.25) is 0 Å². The van der Waals surface area contributed by atoms with Gasteiger partial charge in [0.1, 0.15) is 0 Å². The first-order chi connectivity index (χ1) is 14.9. The SMILES string of the molecule is CC(C)(C)CC(=O)N1CCN(c2ccc(NC(=O)c3cccc(C(F)(F)F)c3)cc2)CC1. The Kier molecular flexibility index (Phi) is 6.81. The molecule has 32 heavy (non-hydrogen) atoms. The van der Waals surface area contributed by atoms with E-state index in [0.717, 1.165) is 17.8 Å². The van der Waals surface area contributed by atoms with Crippen molar-refractivity contribution >= 4 is 23.2 Å². The molecule has 1 fully saturated rings. The summed E-state index contributed by atoms with van der Waals surface area (Å²) in [4.78, 5) is 28.8. The molecular formula is C24H28F3N3O2. The van der Waals surface area contributed by atoms with E-state index < -0.39 is 17.6 Å². The number of halogens is 3. The monoisotopic (exact) mass is 447 g/mol. The Morgan fingerprint density at radius 1 is 0.938 bits per heavy atom. The zero-order valence-electron chi connectivity index (χ0n) is 18.5. The highest BCUT2D eigenvalue weighted by molar-refractivity contribution is 6.04. The van der Waals surface area contributed by atoms with Gasteiger partial charge in [-0.15, -0.1) is 0 Å². The van der Waals surface area contributed by atoms with Crippen molar-refractivity contribution in [3.63, 3.8) is 0 Å². The lowest BCUT2D eigenvalue weighted by atomic mass is 9.91. The molecule has 1 N–H and O–H groups in total. The van der Waals surface area contributed by atoms with Gasteiger partial charge in [-0.3, -0.25) is 9.59 Å². The molecule has 0 saturated carbocycles. The lowest BCUT2D eigenvalue weighted by Crippen LogP contribution is -2.49. The van der Waals surface area contributed by atoms with Gasteiger partial charge in [0.25, 0.3) is 5.91 Å². The fourth-order valence-corrected chi connectivity index (χ4v) is 3.58. The molecule has 3 rings (SSSR count). The molecule has 0 aromatic heterocycles. The van der Waals surface area contributed by atoms with E-state index in [9.17, 15) is 22.8 Å². The number of nitrogens with one attached hydrogen (secondary N) is 1. The fraction of sp³-hybridized carbons (Fsp3) is 0.417. The van der Waals surface area contributed by atoms with Gasteiger partial charge in [0, 0.05) is 49.5 Å². The van der Waals surface area contributed by atoms with Crippen LogP contribution in [0.4, 0.5) is 24.5 Å². The Balaban J connectivity index is 1.57. The summed E-state index contributed by atoms with van der Waals surface area (Å²) in [5, 5.41) is 2.63. The highest BCUT2D eigenvalue weighted by Gasteiger charge is 2.31. The van der Waals surface area contributed by atoms with E-state index in [2.05, 4.69) is 31.0 Å². The summed E-state index contributed by atoms with van der Waals surface area (Å²) in [6.07, 6.45) is -3.98. The van der Waals surface area contributed by atoms with Gasteiger partial charge in [-0.1, -0.05) is 26.8 Å². The number of rotatable bonds is 4. The first-order valence-corrected chi connectivity index (χ1v) is 10.5. The van der Waals surface area contributed by atoms with Gasteiger partial charge in [-0.2, -0.15) is 13.2 Å². The van der Waals surface area contributed by atoms with Gasteiger partial charge in [0.15, 0.2) is 0 Å². The van der Waals surface area contributed by atoms with Crippen LogP contribution in [0.25, 0.3) is 0 Å². The van der Waals surface area contributed by atoms with Gasteiger partial charge >= 0.3 is 6.18 Å². The maximum atomic E-state index is 12.9. The molecule has 0 unspecified atom stereocenters. The fourth-order valence-electron chi connectivity index (χ4n) is 3.58. The first kappa shape index (κ1) is 23.6. The van der Waals surface area contributed by atoms with E-state index in [4.69, 9.17) is 0 Å². The molecule has 0 aliphatic carbocycles. The molecule has 1 aliphatic heterocycles. The average molecular weight is 448 g/mol. The Hall–Kier alpha value is -3.03. The van der Waals surface area contributed by atoms with Crippen molar-refractivity contribution in [3.05, 3.63) is 59.7 Å². The second-order valence-corrected chi connectivity index (χ2v) is 9.18. The quantitative estimate of drug-likeness (QED) is 0.714. The number of carbonyl (C=O) groups is 2. The summed E-state index contributed by atoms with van der Waals surface area (Å²) in [5.74, 6) is -0.431. The molecule has 1 aliphatic rings. The molecule has 8 heteroatoms. The molecule has 0 radical (unpaired) electrons. The van der Waals surface area contributed by atoms with Crippen LogP contribution in [0.15, 0.2) is 48.5 Å². The Morgan fingerprint density at radius 2 is 1.56 bits per heavy atom. The summed E-state index contributed by atoms with van der Waals surface area (Å²) < 4.78 is 38.6. The minimum absolute atomic E-state index is 0.0391. The van der Waals surface area contributed by atoms with Crippen LogP contribution >= 0.6 is 0 Å². The molecule has 1 saturated heterocycles. The molecule has 2 aromatic carbocycles. The number of amides is 2. The standard InChI is InChI=1S/C24H28F3N3O2/c1-23(2,3)16-21(31)30-13-11-29(12-14-30)20-9-7-19(8-10-20)28-22(32)17-5-4-6-18(15-17)24(25,26)27/h4-10,15H,11-14,16H2,1-3H3,(H,28,32). The van der Waals surface area contributed by atoms with Crippen LogP contribution in [-0.2, 0) is 11.0 Å². The van der Waals surface area contributed by atoms with Crippen molar-refractivity contribution in [3.8, 4) is 0 Å². The van der Waals surface area contributed by atoms with Gasteiger partial charge in [0.2, 0.25) is 5.91 Å². The van der Waals surface area contributed by atoms with E-state index in [1.54, 1.807) is 12.1 Å². The summed E-state index contributed by atoms with van der Waals surface area (Å²) >= 11 is 0.